The Morgan fingerprint density at radius 3 is 2.83 bits per heavy atom. The van der Waals surface area contributed by atoms with E-state index in [9.17, 15) is 4.39 Å². The molecule has 100 valence electrons. The molecule has 0 amide bonds. The van der Waals surface area contributed by atoms with E-state index < -0.39 is 0 Å². The summed E-state index contributed by atoms with van der Waals surface area (Å²) in [5, 5.41) is 3.48. The molecule has 2 nitrogen and oxygen atoms in total. The van der Waals surface area contributed by atoms with Crippen LogP contribution in [0.4, 0.5) is 10.1 Å². The summed E-state index contributed by atoms with van der Waals surface area (Å²) in [5.74, 6) is -0.152. The van der Waals surface area contributed by atoms with Crippen LogP contribution >= 0.6 is 0 Å². The molecule has 1 N–H and O–H groups in total. The fourth-order valence-electron chi connectivity index (χ4n) is 2.67. The summed E-state index contributed by atoms with van der Waals surface area (Å²) in [6.07, 6.45) is 3.54. The Bertz CT molecular complexity index is 372. The number of likely N-dealkylation sites (tertiary alicyclic amines) is 1. The van der Waals surface area contributed by atoms with Crippen molar-refractivity contribution >= 4 is 5.69 Å². The number of rotatable bonds is 3. The smallest absolute Gasteiger partial charge is 0.125 e. The third-order valence-electron chi connectivity index (χ3n) is 3.68. The molecular weight excluding hydrogens is 227 g/mol. The summed E-state index contributed by atoms with van der Waals surface area (Å²) in [4.78, 5) is 2.48. The number of anilines is 1. The Hall–Kier alpha value is -1.09. The fraction of sp³-hybridized carbons (Fsp3) is 0.600. The van der Waals surface area contributed by atoms with E-state index in [1.807, 2.05) is 13.0 Å². The minimum Gasteiger partial charge on any atom is -0.382 e. The van der Waals surface area contributed by atoms with Crippen molar-refractivity contribution in [2.45, 2.75) is 39.2 Å². The maximum Gasteiger partial charge on any atom is 0.125 e. The van der Waals surface area contributed by atoms with Gasteiger partial charge < -0.3 is 10.2 Å². The van der Waals surface area contributed by atoms with Crippen LogP contribution in [-0.2, 0) is 0 Å². The van der Waals surface area contributed by atoms with Gasteiger partial charge in [0, 0.05) is 18.3 Å². The summed E-state index contributed by atoms with van der Waals surface area (Å²) in [5.41, 5.74) is 1.89. The van der Waals surface area contributed by atoms with Crippen molar-refractivity contribution in [2.24, 2.45) is 0 Å². The second-order valence-corrected chi connectivity index (χ2v) is 5.22. The molecule has 1 aromatic carbocycles. The summed E-state index contributed by atoms with van der Waals surface area (Å²) in [7, 11) is 0. The van der Waals surface area contributed by atoms with E-state index >= 15 is 0 Å². The van der Waals surface area contributed by atoms with Crippen molar-refractivity contribution in [1.29, 1.82) is 0 Å². The van der Waals surface area contributed by atoms with E-state index in [-0.39, 0.29) is 5.82 Å². The highest BCUT2D eigenvalue weighted by Gasteiger charge is 2.15. The summed E-state index contributed by atoms with van der Waals surface area (Å²) in [6.45, 7) is 7.61. The summed E-state index contributed by atoms with van der Waals surface area (Å²) in [6, 6.07) is 5.65. The molecular formula is C15H23FN2. The zero-order valence-corrected chi connectivity index (χ0v) is 11.4. The number of halogens is 1. The lowest BCUT2D eigenvalue weighted by Gasteiger charge is -2.19. The van der Waals surface area contributed by atoms with Gasteiger partial charge in [0.1, 0.15) is 5.82 Å². The van der Waals surface area contributed by atoms with Gasteiger partial charge >= 0.3 is 0 Å². The predicted molar refractivity (Wildman–Crippen MR) is 74.5 cm³/mol. The number of hydrogen-bond acceptors (Lipinski definition) is 2. The molecule has 0 saturated carbocycles. The molecule has 1 fully saturated rings. The molecule has 2 rings (SSSR count). The van der Waals surface area contributed by atoms with E-state index in [1.54, 1.807) is 12.1 Å². The first-order valence-electron chi connectivity index (χ1n) is 6.93. The van der Waals surface area contributed by atoms with Crippen LogP contribution in [0.1, 0.15) is 31.7 Å². The first-order valence-corrected chi connectivity index (χ1v) is 6.93. The lowest BCUT2D eigenvalue weighted by Crippen LogP contribution is -2.26. The average Bonchev–Trinajstić information content (AvgIpc) is 2.53. The van der Waals surface area contributed by atoms with E-state index in [0.717, 1.165) is 30.8 Å². The molecule has 0 bridgehead atoms. The molecule has 1 saturated heterocycles. The first kappa shape index (κ1) is 13.3. The van der Waals surface area contributed by atoms with Gasteiger partial charge in [-0.15, -0.1) is 0 Å². The third-order valence-corrected chi connectivity index (χ3v) is 3.68. The van der Waals surface area contributed by atoms with Gasteiger partial charge in [0.15, 0.2) is 0 Å². The Morgan fingerprint density at radius 2 is 2.11 bits per heavy atom. The molecule has 1 aliphatic rings. The molecule has 0 spiro atoms. The topological polar surface area (TPSA) is 15.3 Å². The van der Waals surface area contributed by atoms with Gasteiger partial charge in [-0.05, 0) is 63.0 Å². The van der Waals surface area contributed by atoms with Gasteiger partial charge in [-0.2, -0.15) is 0 Å². The van der Waals surface area contributed by atoms with Crippen LogP contribution in [0.15, 0.2) is 18.2 Å². The minimum absolute atomic E-state index is 0.152. The molecule has 1 atom stereocenters. The van der Waals surface area contributed by atoms with Crippen LogP contribution in [0.25, 0.3) is 0 Å². The lowest BCUT2D eigenvalue weighted by molar-refractivity contribution is 0.300. The summed E-state index contributed by atoms with van der Waals surface area (Å²) < 4.78 is 13.3. The highest BCUT2D eigenvalue weighted by molar-refractivity contribution is 5.46. The number of benzene rings is 1. The molecule has 1 unspecified atom stereocenters. The van der Waals surface area contributed by atoms with Crippen LogP contribution in [-0.4, -0.2) is 30.6 Å². The van der Waals surface area contributed by atoms with E-state index in [4.69, 9.17) is 0 Å². The van der Waals surface area contributed by atoms with Crippen LogP contribution in [0.2, 0.25) is 0 Å². The molecule has 18 heavy (non-hydrogen) atoms. The van der Waals surface area contributed by atoms with Gasteiger partial charge in [-0.3, -0.25) is 0 Å². The van der Waals surface area contributed by atoms with Crippen LogP contribution < -0.4 is 5.32 Å². The molecule has 1 aromatic rings. The number of hydrogen-bond donors (Lipinski definition) is 1. The SMILES string of the molecule is CCN1CCCC(Nc2cc(C)cc(F)c2)CC1. The van der Waals surface area contributed by atoms with Crippen molar-refractivity contribution in [1.82, 2.24) is 4.90 Å². The highest BCUT2D eigenvalue weighted by Crippen LogP contribution is 2.19. The predicted octanol–water partition coefficient (Wildman–Crippen LogP) is 3.42. The van der Waals surface area contributed by atoms with Gasteiger partial charge in [0.05, 0.1) is 0 Å². The van der Waals surface area contributed by atoms with Crippen molar-refractivity contribution in [2.75, 3.05) is 25.0 Å². The quantitative estimate of drug-likeness (QED) is 0.884. The monoisotopic (exact) mass is 250 g/mol. The Labute approximate surface area is 109 Å². The van der Waals surface area contributed by atoms with Gasteiger partial charge in [-0.1, -0.05) is 6.92 Å². The van der Waals surface area contributed by atoms with E-state index in [0.29, 0.717) is 6.04 Å². The number of nitrogens with zero attached hydrogens (tertiary/aromatic N) is 1. The standard InChI is InChI=1S/C15H23FN2/c1-3-18-7-4-5-14(6-8-18)17-15-10-12(2)9-13(16)11-15/h9-11,14,17H,3-8H2,1-2H3. The lowest BCUT2D eigenvalue weighted by atomic mass is 10.1. The normalized spacial score (nSPS) is 21.6. The van der Waals surface area contributed by atoms with Crippen LogP contribution in [0.3, 0.4) is 0 Å². The number of aryl methyl sites for hydroxylation is 1. The Balaban J connectivity index is 1.96. The second-order valence-electron chi connectivity index (χ2n) is 5.22. The third kappa shape index (κ3) is 3.70. The summed E-state index contributed by atoms with van der Waals surface area (Å²) >= 11 is 0. The fourth-order valence-corrected chi connectivity index (χ4v) is 2.67. The van der Waals surface area contributed by atoms with Crippen LogP contribution in [0, 0.1) is 12.7 Å². The Morgan fingerprint density at radius 1 is 1.28 bits per heavy atom. The Kier molecular flexibility index (Phi) is 4.59. The zero-order valence-electron chi connectivity index (χ0n) is 11.4. The first-order chi connectivity index (χ1) is 8.67. The molecule has 1 heterocycles. The van der Waals surface area contributed by atoms with Gasteiger partial charge in [-0.25, -0.2) is 4.39 Å². The van der Waals surface area contributed by atoms with E-state index in [2.05, 4.69) is 17.1 Å². The van der Waals surface area contributed by atoms with Crippen molar-refractivity contribution in [3.63, 3.8) is 0 Å². The molecule has 0 aromatic heterocycles. The molecule has 3 heteroatoms. The van der Waals surface area contributed by atoms with Crippen LogP contribution in [0.5, 0.6) is 0 Å². The maximum absolute atomic E-state index is 13.3. The molecule has 0 aliphatic carbocycles. The van der Waals surface area contributed by atoms with Gasteiger partial charge in [0.25, 0.3) is 0 Å². The zero-order chi connectivity index (χ0) is 13.0. The minimum atomic E-state index is -0.152. The average molecular weight is 250 g/mol. The maximum atomic E-state index is 13.3. The molecule has 0 radical (unpaired) electrons. The van der Waals surface area contributed by atoms with Crippen molar-refractivity contribution < 1.29 is 4.39 Å². The largest absolute Gasteiger partial charge is 0.382 e. The number of nitrogens with one attached hydrogen (secondary N) is 1. The second kappa shape index (κ2) is 6.19. The van der Waals surface area contributed by atoms with E-state index in [1.165, 1.54) is 19.4 Å². The highest BCUT2D eigenvalue weighted by atomic mass is 19.1. The molecule has 1 aliphatic heterocycles. The van der Waals surface area contributed by atoms with Crippen molar-refractivity contribution in [3.05, 3.63) is 29.6 Å². The van der Waals surface area contributed by atoms with Crippen molar-refractivity contribution in [3.8, 4) is 0 Å². The van der Waals surface area contributed by atoms with Gasteiger partial charge in [0.2, 0.25) is 0 Å².